The molecule has 10 nitrogen and oxygen atoms in total. The number of ether oxygens (including phenoxy) is 2. The molecule has 3 aliphatic heterocycles. The van der Waals surface area contributed by atoms with Gasteiger partial charge in [-0.15, -0.1) is 0 Å². The summed E-state index contributed by atoms with van der Waals surface area (Å²) in [6.45, 7) is 1.26. The smallest absolute Gasteiger partial charge is 0.414 e. The van der Waals surface area contributed by atoms with Crippen LogP contribution in [0.5, 0.6) is 5.75 Å². The first-order valence-corrected chi connectivity index (χ1v) is 11.4. The highest BCUT2D eigenvalue weighted by Crippen LogP contribution is 2.34. The molecule has 3 aromatic rings. The van der Waals surface area contributed by atoms with Crippen LogP contribution in [0.3, 0.4) is 0 Å². The molecular weight excluding hydrogens is 457 g/mol. The lowest BCUT2D eigenvalue weighted by Crippen LogP contribution is -2.28. The zero-order valence-corrected chi connectivity index (χ0v) is 18.6. The van der Waals surface area contributed by atoms with E-state index >= 15 is 0 Å². The first-order chi connectivity index (χ1) is 17.0. The Morgan fingerprint density at radius 2 is 2.06 bits per heavy atom. The average Bonchev–Trinajstić information content (AvgIpc) is 3.42. The number of halogens is 1. The van der Waals surface area contributed by atoms with Crippen molar-refractivity contribution in [1.29, 1.82) is 0 Å². The highest BCUT2D eigenvalue weighted by molar-refractivity contribution is 5.97. The predicted octanol–water partition coefficient (Wildman–Crippen LogP) is 2.32. The Morgan fingerprint density at radius 1 is 1.17 bits per heavy atom. The third kappa shape index (κ3) is 3.77. The van der Waals surface area contributed by atoms with E-state index in [1.165, 1.54) is 17.2 Å². The number of nitrogens with zero attached hydrogens (tertiary/aromatic N) is 3. The number of anilines is 2. The Bertz CT molecular complexity index is 1420. The van der Waals surface area contributed by atoms with Crippen LogP contribution in [0.2, 0.25) is 0 Å². The van der Waals surface area contributed by atoms with Gasteiger partial charge in [0.25, 0.3) is 11.5 Å². The highest BCUT2D eigenvalue weighted by Gasteiger charge is 2.33. The Kier molecular flexibility index (Phi) is 5.14. The normalized spacial score (nSPS) is 20.5. The van der Waals surface area contributed by atoms with Gasteiger partial charge in [0.1, 0.15) is 17.7 Å². The number of carbonyl (C=O) groups excluding carboxylic acids is 2. The summed E-state index contributed by atoms with van der Waals surface area (Å²) in [4.78, 5) is 41.9. The lowest BCUT2D eigenvalue weighted by Gasteiger charge is -2.20. The third-order valence-corrected chi connectivity index (χ3v) is 6.58. The number of cyclic esters (lactones) is 1. The van der Waals surface area contributed by atoms with E-state index in [0.717, 1.165) is 0 Å². The maximum atomic E-state index is 14.6. The zero-order chi connectivity index (χ0) is 24.1. The monoisotopic (exact) mass is 479 g/mol. The molecule has 5 heterocycles. The van der Waals surface area contributed by atoms with Crippen LogP contribution in [0, 0.1) is 5.82 Å². The van der Waals surface area contributed by atoms with Crippen LogP contribution in [-0.4, -0.2) is 47.4 Å². The zero-order valence-electron chi connectivity index (χ0n) is 18.6. The summed E-state index contributed by atoms with van der Waals surface area (Å²) in [5.74, 6) is -0.117. The van der Waals surface area contributed by atoms with Gasteiger partial charge in [-0.25, -0.2) is 9.18 Å². The van der Waals surface area contributed by atoms with Crippen molar-refractivity contribution in [2.45, 2.75) is 31.5 Å². The van der Waals surface area contributed by atoms with E-state index in [1.54, 1.807) is 28.8 Å². The molecule has 0 radical (unpaired) electrons. The molecule has 1 aromatic carbocycles. The average molecular weight is 479 g/mol. The summed E-state index contributed by atoms with van der Waals surface area (Å²) in [6, 6.07) is 7.90. The second kappa shape index (κ2) is 8.35. The third-order valence-electron chi connectivity index (χ3n) is 6.58. The number of pyridine rings is 2. The van der Waals surface area contributed by atoms with Gasteiger partial charge >= 0.3 is 6.09 Å². The number of nitrogens with one attached hydrogen (secondary N) is 2. The Morgan fingerprint density at radius 3 is 2.94 bits per heavy atom. The van der Waals surface area contributed by atoms with E-state index < -0.39 is 11.9 Å². The van der Waals surface area contributed by atoms with Crippen LogP contribution in [0.4, 0.5) is 20.6 Å². The minimum atomic E-state index is -0.446. The van der Waals surface area contributed by atoms with Gasteiger partial charge < -0.3 is 24.7 Å². The molecule has 2 aromatic heterocycles. The van der Waals surface area contributed by atoms with Gasteiger partial charge in [0.15, 0.2) is 6.61 Å². The van der Waals surface area contributed by atoms with Gasteiger partial charge in [-0.05, 0) is 43.7 Å². The van der Waals surface area contributed by atoms with Crippen molar-refractivity contribution < 1.29 is 23.5 Å². The largest absolute Gasteiger partial charge is 0.482 e. The predicted molar refractivity (Wildman–Crippen MR) is 124 cm³/mol. The fourth-order valence-electron chi connectivity index (χ4n) is 4.94. The van der Waals surface area contributed by atoms with E-state index in [-0.39, 0.29) is 30.2 Å². The molecule has 1 unspecified atom stereocenters. The molecule has 180 valence electrons. The first kappa shape index (κ1) is 21.5. The van der Waals surface area contributed by atoms with E-state index in [4.69, 9.17) is 9.47 Å². The quantitative estimate of drug-likeness (QED) is 0.522. The van der Waals surface area contributed by atoms with Crippen molar-refractivity contribution in [2.75, 3.05) is 29.9 Å². The molecule has 3 aliphatic rings. The maximum absolute atomic E-state index is 14.6. The van der Waals surface area contributed by atoms with Crippen LogP contribution in [0.1, 0.15) is 24.4 Å². The van der Waals surface area contributed by atoms with Crippen molar-refractivity contribution >= 4 is 34.4 Å². The molecule has 6 rings (SSSR count). The van der Waals surface area contributed by atoms with Crippen LogP contribution >= 0.6 is 0 Å². The molecular formula is C24H22FN5O5. The standard InChI is InChI=1S/C24H22FN5O5/c25-15-9-27-16-4-6-21(32)30-11-18(22(15)23(16)30)26-7-1-2-14-10-29(24(33)35-14)13-3-5-19-17(8-13)28-20(31)12-34-19/h3-6,8-9,14,18,26H,1-2,7,10-12H2,(H,28,31)/t14-,18?/m1/s1. The number of rotatable bonds is 6. The number of carbonyl (C=O) groups is 2. The van der Waals surface area contributed by atoms with Crippen molar-refractivity contribution in [3.05, 3.63) is 58.3 Å². The molecule has 11 heteroatoms. The fourth-order valence-corrected chi connectivity index (χ4v) is 4.94. The summed E-state index contributed by atoms with van der Waals surface area (Å²) in [6.07, 6.45) is 1.76. The molecule has 0 aliphatic carbocycles. The van der Waals surface area contributed by atoms with E-state index in [2.05, 4.69) is 15.6 Å². The maximum Gasteiger partial charge on any atom is 0.414 e. The topological polar surface area (TPSA) is 115 Å². The Balaban J connectivity index is 1.06. The summed E-state index contributed by atoms with van der Waals surface area (Å²) < 4.78 is 27.0. The van der Waals surface area contributed by atoms with E-state index in [9.17, 15) is 18.8 Å². The number of aromatic nitrogens is 2. The number of benzene rings is 1. The van der Waals surface area contributed by atoms with Crippen LogP contribution in [0.25, 0.3) is 11.0 Å². The fraction of sp³-hybridized carbons (Fsp3) is 0.333. The van der Waals surface area contributed by atoms with Gasteiger partial charge in [0.2, 0.25) is 0 Å². The van der Waals surface area contributed by atoms with E-state index in [0.29, 0.717) is 66.2 Å². The lowest BCUT2D eigenvalue weighted by molar-refractivity contribution is -0.118. The van der Waals surface area contributed by atoms with Crippen molar-refractivity contribution in [2.24, 2.45) is 0 Å². The Hall–Kier alpha value is -3.99. The van der Waals surface area contributed by atoms with Gasteiger partial charge in [-0.1, -0.05) is 0 Å². The van der Waals surface area contributed by atoms with Gasteiger partial charge in [0.05, 0.1) is 35.5 Å². The second-order valence-electron chi connectivity index (χ2n) is 8.82. The lowest BCUT2D eigenvalue weighted by atomic mass is 10.1. The molecule has 1 fully saturated rings. The van der Waals surface area contributed by atoms with Crippen molar-refractivity contribution in [1.82, 2.24) is 14.9 Å². The first-order valence-electron chi connectivity index (χ1n) is 11.4. The molecule has 1 saturated heterocycles. The summed E-state index contributed by atoms with van der Waals surface area (Å²) in [7, 11) is 0. The number of hydrogen-bond donors (Lipinski definition) is 2. The van der Waals surface area contributed by atoms with Gasteiger partial charge in [-0.2, -0.15) is 0 Å². The number of hydrogen-bond acceptors (Lipinski definition) is 7. The minimum Gasteiger partial charge on any atom is -0.482 e. The molecule has 35 heavy (non-hydrogen) atoms. The minimum absolute atomic E-state index is 0.0312. The van der Waals surface area contributed by atoms with Crippen LogP contribution in [-0.2, 0) is 16.1 Å². The summed E-state index contributed by atoms with van der Waals surface area (Å²) in [5.41, 5.74) is 2.56. The van der Waals surface area contributed by atoms with Crippen molar-refractivity contribution in [3.8, 4) is 5.75 Å². The molecule has 2 N–H and O–H groups in total. The number of amides is 2. The summed E-state index contributed by atoms with van der Waals surface area (Å²) >= 11 is 0. The molecule has 0 bridgehead atoms. The SMILES string of the molecule is O=C1COc2ccc(N3C[C@@H](CCCNC4Cn5c(=O)ccc6ncc(F)c4c65)OC3=O)cc2N1. The molecule has 2 amide bonds. The highest BCUT2D eigenvalue weighted by atomic mass is 19.1. The summed E-state index contributed by atoms with van der Waals surface area (Å²) in [5, 5.41) is 6.07. The van der Waals surface area contributed by atoms with Crippen LogP contribution < -0.4 is 25.8 Å². The molecule has 2 atom stereocenters. The second-order valence-corrected chi connectivity index (χ2v) is 8.82. The molecule has 0 spiro atoms. The Labute approximate surface area is 198 Å². The van der Waals surface area contributed by atoms with Gasteiger partial charge in [-0.3, -0.25) is 19.5 Å². The number of fused-ring (bicyclic) bond motifs is 1. The van der Waals surface area contributed by atoms with E-state index in [1.807, 2.05) is 0 Å². The van der Waals surface area contributed by atoms with Gasteiger partial charge in [0, 0.05) is 23.9 Å². The van der Waals surface area contributed by atoms with Crippen molar-refractivity contribution in [3.63, 3.8) is 0 Å². The molecule has 0 saturated carbocycles. The van der Waals surface area contributed by atoms with Crippen LogP contribution in [0.15, 0.2) is 41.3 Å².